The molecule has 0 unspecified atom stereocenters. The molecule has 0 fully saturated rings. The maximum Gasteiger partial charge on any atom is 0.326 e. The molecule has 3 aromatic carbocycles. The molecular weight excluding hydrogens is 364 g/mol. The summed E-state index contributed by atoms with van der Waals surface area (Å²) in [5, 5.41) is 11.6. The maximum atomic E-state index is 11.9. The second-order valence-corrected chi connectivity index (χ2v) is 6.91. The topological polar surface area (TPSA) is 86.2 Å². The van der Waals surface area contributed by atoms with Crippen LogP contribution in [-0.4, -0.2) is 25.4 Å². The third kappa shape index (κ3) is 2.82. The van der Waals surface area contributed by atoms with Gasteiger partial charge in [-0.2, -0.15) is 0 Å². The molecule has 5 aromatic rings. The first-order valence-corrected chi connectivity index (χ1v) is 9.25. The molecule has 0 spiro atoms. The summed E-state index contributed by atoms with van der Waals surface area (Å²) in [5.41, 5.74) is 5.06. The number of hydrogen-bond donors (Lipinski definition) is 3. The molecule has 0 aliphatic rings. The number of aromatic amines is 2. The molecule has 0 saturated carbocycles. The van der Waals surface area contributed by atoms with Crippen molar-refractivity contribution in [3.63, 3.8) is 0 Å². The summed E-state index contributed by atoms with van der Waals surface area (Å²) < 4.78 is 1.56. The Morgan fingerprint density at radius 3 is 2.52 bits per heavy atom. The fourth-order valence-corrected chi connectivity index (χ4v) is 3.65. The van der Waals surface area contributed by atoms with Gasteiger partial charge in [-0.1, -0.05) is 48.5 Å². The fraction of sp³-hybridized carbons (Fsp3) is 0.0435. The second-order valence-electron chi connectivity index (χ2n) is 6.91. The summed E-state index contributed by atoms with van der Waals surface area (Å²) in [4.78, 5) is 22.6. The number of H-pyrrole nitrogens is 2. The van der Waals surface area contributed by atoms with E-state index < -0.39 is 0 Å². The van der Waals surface area contributed by atoms with Gasteiger partial charge in [0.25, 0.3) is 0 Å². The lowest BCUT2D eigenvalue weighted by Gasteiger charge is -2.08. The Bertz CT molecular complexity index is 1440. The van der Waals surface area contributed by atoms with E-state index in [1.165, 1.54) is 0 Å². The van der Waals surface area contributed by atoms with Crippen molar-refractivity contribution in [1.29, 1.82) is 0 Å². The number of nitrogens with zero attached hydrogens (tertiary/aromatic N) is 2. The van der Waals surface area contributed by atoms with E-state index in [9.17, 15) is 9.90 Å². The minimum Gasteiger partial charge on any atom is -0.494 e. The number of para-hydroxylation sites is 1. The maximum absolute atomic E-state index is 11.9. The van der Waals surface area contributed by atoms with Crippen LogP contribution < -0.4 is 5.69 Å². The summed E-state index contributed by atoms with van der Waals surface area (Å²) in [5.74, 6) is 0.0722. The molecule has 2 heterocycles. The van der Waals surface area contributed by atoms with Gasteiger partial charge in [-0.05, 0) is 24.3 Å². The van der Waals surface area contributed by atoms with Crippen LogP contribution >= 0.6 is 0 Å². The monoisotopic (exact) mass is 382 g/mol. The smallest absolute Gasteiger partial charge is 0.326 e. The first-order valence-electron chi connectivity index (χ1n) is 9.25. The van der Waals surface area contributed by atoms with Gasteiger partial charge in [-0.25, -0.2) is 9.79 Å². The van der Waals surface area contributed by atoms with Crippen LogP contribution in [0.5, 0.6) is 5.88 Å². The zero-order chi connectivity index (χ0) is 20.0. The summed E-state index contributed by atoms with van der Waals surface area (Å²) in [6, 6.07) is 23.0. The van der Waals surface area contributed by atoms with E-state index >= 15 is 0 Å². The number of aromatic hydroxyl groups is 1. The highest BCUT2D eigenvalue weighted by Crippen LogP contribution is 2.31. The number of fused-ring (bicyclic) bond motifs is 2. The van der Waals surface area contributed by atoms with Crippen molar-refractivity contribution < 1.29 is 5.11 Å². The van der Waals surface area contributed by atoms with E-state index in [0.29, 0.717) is 22.5 Å². The lowest BCUT2D eigenvalue weighted by molar-refractivity contribution is 0.457. The molecule has 5 rings (SSSR count). The minimum atomic E-state index is -0.168. The van der Waals surface area contributed by atoms with Crippen LogP contribution in [0.25, 0.3) is 21.9 Å². The Balaban J connectivity index is 1.77. The van der Waals surface area contributed by atoms with Gasteiger partial charge in [0.2, 0.25) is 0 Å². The third-order valence-electron chi connectivity index (χ3n) is 5.10. The van der Waals surface area contributed by atoms with Crippen molar-refractivity contribution in [2.75, 3.05) is 0 Å². The molecule has 6 nitrogen and oxygen atoms in total. The molecule has 0 saturated heterocycles. The highest BCUT2D eigenvalue weighted by atomic mass is 16.3. The van der Waals surface area contributed by atoms with Crippen LogP contribution in [0, 0.1) is 0 Å². The summed E-state index contributed by atoms with van der Waals surface area (Å²) in [7, 11) is 1.73. The molecule has 6 heteroatoms. The number of nitrogens with one attached hydrogen (secondary N) is 2. The molecule has 0 aliphatic heterocycles. The zero-order valence-electron chi connectivity index (χ0n) is 15.7. The number of aromatic nitrogens is 3. The van der Waals surface area contributed by atoms with E-state index in [2.05, 4.69) is 9.97 Å². The molecular formula is C23H18N4O2. The standard InChI is InChI=1S/C23H18N4O2/c1-27-19-12-11-15(13-18(19)26-23(27)29)24-21(14-7-3-2-4-8-14)20-16-9-5-6-10-17(16)25-22(20)28/h2-13,25,28H,1H3,(H,26,29). The zero-order valence-corrected chi connectivity index (χ0v) is 15.7. The van der Waals surface area contributed by atoms with Gasteiger partial charge in [0.1, 0.15) is 0 Å². The average molecular weight is 382 g/mol. The van der Waals surface area contributed by atoms with Crippen molar-refractivity contribution in [2.24, 2.45) is 12.0 Å². The highest BCUT2D eigenvalue weighted by molar-refractivity contribution is 6.21. The largest absolute Gasteiger partial charge is 0.494 e. The molecule has 2 aromatic heterocycles. The van der Waals surface area contributed by atoms with Crippen molar-refractivity contribution in [3.8, 4) is 5.88 Å². The number of rotatable bonds is 3. The van der Waals surface area contributed by atoms with E-state index in [-0.39, 0.29) is 11.6 Å². The van der Waals surface area contributed by atoms with Crippen LogP contribution in [0.2, 0.25) is 0 Å². The first kappa shape index (κ1) is 17.1. The van der Waals surface area contributed by atoms with Crippen LogP contribution in [0.15, 0.2) is 82.6 Å². The van der Waals surface area contributed by atoms with Crippen molar-refractivity contribution in [2.45, 2.75) is 0 Å². The van der Waals surface area contributed by atoms with Crippen LogP contribution in [-0.2, 0) is 7.05 Å². The molecule has 0 atom stereocenters. The van der Waals surface area contributed by atoms with Crippen LogP contribution in [0.3, 0.4) is 0 Å². The average Bonchev–Trinajstić information content (AvgIpc) is 3.22. The van der Waals surface area contributed by atoms with Gasteiger partial charge in [-0.3, -0.25) is 4.57 Å². The van der Waals surface area contributed by atoms with E-state index in [1.54, 1.807) is 11.6 Å². The van der Waals surface area contributed by atoms with Gasteiger partial charge in [0, 0.05) is 23.5 Å². The fourth-order valence-electron chi connectivity index (χ4n) is 3.65. The summed E-state index contributed by atoms with van der Waals surface area (Å²) in [6.07, 6.45) is 0. The molecule has 142 valence electrons. The predicted molar refractivity (Wildman–Crippen MR) is 115 cm³/mol. The lowest BCUT2D eigenvalue weighted by Crippen LogP contribution is -2.11. The van der Waals surface area contributed by atoms with Crippen molar-refractivity contribution >= 4 is 33.3 Å². The Labute approximate surface area is 165 Å². The summed E-state index contributed by atoms with van der Waals surface area (Å²) >= 11 is 0. The minimum absolute atomic E-state index is 0.0722. The Hall–Kier alpha value is -4.06. The molecule has 0 bridgehead atoms. The Morgan fingerprint density at radius 1 is 0.931 bits per heavy atom. The van der Waals surface area contributed by atoms with Crippen LogP contribution in [0.1, 0.15) is 11.1 Å². The van der Waals surface area contributed by atoms with Gasteiger partial charge >= 0.3 is 5.69 Å². The summed E-state index contributed by atoms with van der Waals surface area (Å²) in [6.45, 7) is 0. The molecule has 0 amide bonds. The normalized spacial score (nSPS) is 12.1. The first-order chi connectivity index (χ1) is 14.1. The predicted octanol–water partition coefficient (Wildman–Crippen LogP) is 4.22. The van der Waals surface area contributed by atoms with E-state index in [1.807, 2.05) is 72.8 Å². The molecule has 0 aliphatic carbocycles. The second kappa shape index (κ2) is 6.53. The van der Waals surface area contributed by atoms with E-state index in [4.69, 9.17) is 4.99 Å². The third-order valence-corrected chi connectivity index (χ3v) is 5.10. The quantitative estimate of drug-likeness (QED) is 0.408. The van der Waals surface area contributed by atoms with E-state index in [0.717, 1.165) is 22.0 Å². The number of hydrogen-bond acceptors (Lipinski definition) is 3. The van der Waals surface area contributed by atoms with Crippen molar-refractivity contribution in [3.05, 3.63) is 94.4 Å². The van der Waals surface area contributed by atoms with Crippen LogP contribution in [0.4, 0.5) is 5.69 Å². The molecule has 0 radical (unpaired) electrons. The highest BCUT2D eigenvalue weighted by Gasteiger charge is 2.18. The molecule has 29 heavy (non-hydrogen) atoms. The number of imidazole rings is 1. The Kier molecular flexibility index (Phi) is 3.84. The van der Waals surface area contributed by atoms with Gasteiger partial charge < -0.3 is 15.1 Å². The SMILES string of the molecule is Cn1c(=O)[nH]c2cc(N=C(c3ccccc3)c3c(O)[nH]c4ccccc34)ccc21. The number of aryl methyl sites for hydroxylation is 1. The van der Waals surface area contributed by atoms with Gasteiger partial charge in [0.05, 0.1) is 28.0 Å². The Morgan fingerprint density at radius 2 is 1.69 bits per heavy atom. The molecule has 3 N–H and O–H groups in total. The number of aliphatic imine (C=N–C) groups is 1. The van der Waals surface area contributed by atoms with Crippen molar-refractivity contribution in [1.82, 2.24) is 14.5 Å². The number of benzene rings is 3. The lowest BCUT2D eigenvalue weighted by atomic mass is 10.0. The van der Waals surface area contributed by atoms with Gasteiger partial charge in [0.15, 0.2) is 5.88 Å². The van der Waals surface area contributed by atoms with Gasteiger partial charge in [-0.15, -0.1) is 0 Å².